The number of carbonyl (C=O) groups is 2. The average molecular weight is 376 g/mol. The van der Waals surface area contributed by atoms with Crippen LogP contribution in [0.4, 0.5) is 0 Å². The Morgan fingerprint density at radius 3 is 2.85 bits per heavy atom. The summed E-state index contributed by atoms with van der Waals surface area (Å²) in [5.41, 5.74) is 0. The molecule has 1 N–H and O–H groups in total. The van der Waals surface area contributed by atoms with E-state index in [4.69, 9.17) is 4.74 Å². The molecule has 108 valence electrons. The van der Waals surface area contributed by atoms with Crippen molar-refractivity contribution in [3.8, 4) is 0 Å². The van der Waals surface area contributed by atoms with Gasteiger partial charge in [0.05, 0.1) is 4.91 Å². The molecular weight excluding hydrogens is 362 g/mol. The minimum atomic E-state index is -0.309. The highest BCUT2D eigenvalue weighted by Crippen LogP contribution is 2.49. The zero-order chi connectivity index (χ0) is 14.1. The smallest absolute Gasteiger partial charge is 0.323 e. The fourth-order valence-corrected chi connectivity index (χ4v) is 6.02. The van der Waals surface area contributed by atoms with E-state index in [1.807, 2.05) is 6.08 Å². The van der Waals surface area contributed by atoms with E-state index in [-0.39, 0.29) is 24.4 Å². The quantitative estimate of drug-likeness (QED) is 0.760. The van der Waals surface area contributed by atoms with Crippen LogP contribution >= 0.6 is 39.5 Å². The van der Waals surface area contributed by atoms with E-state index >= 15 is 0 Å². The van der Waals surface area contributed by atoms with Gasteiger partial charge in [-0.1, -0.05) is 6.08 Å². The summed E-state index contributed by atoms with van der Waals surface area (Å²) in [6.45, 7) is 0.696. The number of ketones is 1. The second kappa shape index (κ2) is 6.25. The summed E-state index contributed by atoms with van der Waals surface area (Å²) in [5, 5.41) is 3.70. The summed E-state index contributed by atoms with van der Waals surface area (Å²) < 4.78 is 6.23. The Kier molecular flexibility index (Phi) is 4.59. The Morgan fingerprint density at radius 1 is 1.35 bits per heavy atom. The fraction of sp³-hybridized carbons (Fsp3) is 0.538. The van der Waals surface area contributed by atoms with Crippen LogP contribution in [0, 0.1) is 0 Å². The van der Waals surface area contributed by atoms with E-state index in [1.54, 1.807) is 23.5 Å². The van der Waals surface area contributed by atoms with E-state index in [1.165, 1.54) is 0 Å². The number of fused-ring (bicyclic) bond motifs is 1. The average Bonchev–Trinajstić information content (AvgIpc) is 3.09. The maximum atomic E-state index is 12.0. The highest BCUT2D eigenvalue weighted by molar-refractivity contribution is 9.14. The number of carbonyl (C=O) groups excluding carboxylic acids is 2. The molecule has 4 nitrogen and oxygen atoms in total. The van der Waals surface area contributed by atoms with Crippen molar-refractivity contribution < 1.29 is 14.3 Å². The van der Waals surface area contributed by atoms with Gasteiger partial charge >= 0.3 is 5.97 Å². The summed E-state index contributed by atoms with van der Waals surface area (Å²) in [5.74, 6) is -0.405. The van der Waals surface area contributed by atoms with Crippen LogP contribution in [-0.4, -0.2) is 41.4 Å². The van der Waals surface area contributed by atoms with Crippen LogP contribution in [0.2, 0.25) is 0 Å². The van der Waals surface area contributed by atoms with Gasteiger partial charge in [0.2, 0.25) is 5.78 Å². The first-order chi connectivity index (χ1) is 9.63. The fourth-order valence-electron chi connectivity index (χ4n) is 2.38. The van der Waals surface area contributed by atoms with Gasteiger partial charge in [-0.2, -0.15) is 0 Å². The lowest BCUT2D eigenvalue weighted by Crippen LogP contribution is -2.33. The van der Waals surface area contributed by atoms with Crippen molar-refractivity contribution in [2.24, 2.45) is 0 Å². The Hall–Kier alpha value is -0.240. The Bertz CT molecular complexity index is 500. The molecule has 0 bridgehead atoms. The number of thioether (sulfide) groups is 2. The third-order valence-corrected chi connectivity index (χ3v) is 6.79. The molecule has 1 fully saturated rings. The molecule has 3 atom stereocenters. The highest BCUT2D eigenvalue weighted by Gasteiger charge is 2.35. The first kappa shape index (κ1) is 14.7. The standard InChI is InChI=1S/C13H14BrNO3S2/c14-12-5-11-10(20-12)4-9(19-11)8(16)6-18-13(17)7-2-1-3-15-7/h4-5,7,10-11,15H,1-3,6H2/t7-,10?,11?/m0/s1. The van der Waals surface area contributed by atoms with E-state index in [0.717, 1.165) is 28.1 Å². The van der Waals surface area contributed by atoms with E-state index in [2.05, 4.69) is 27.3 Å². The lowest BCUT2D eigenvalue weighted by atomic mass is 10.2. The van der Waals surface area contributed by atoms with Crippen LogP contribution in [0.1, 0.15) is 12.8 Å². The summed E-state index contributed by atoms with van der Waals surface area (Å²) >= 11 is 6.73. The maximum absolute atomic E-state index is 12.0. The molecule has 3 rings (SSSR count). The third-order valence-electron chi connectivity index (χ3n) is 3.41. The molecule has 1 saturated heterocycles. The molecule has 0 radical (unpaired) electrons. The number of nitrogens with one attached hydrogen (secondary N) is 1. The van der Waals surface area contributed by atoms with Gasteiger partial charge in [0.1, 0.15) is 6.04 Å². The van der Waals surface area contributed by atoms with Gasteiger partial charge in [0.15, 0.2) is 6.61 Å². The summed E-state index contributed by atoms with van der Waals surface area (Å²) in [7, 11) is 0. The van der Waals surface area contributed by atoms with E-state index in [9.17, 15) is 9.59 Å². The van der Waals surface area contributed by atoms with Gasteiger partial charge in [-0.25, -0.2) is 0 Å². The molecule has 3 heterocycles. The minimum Gasteiger partial charge on any atom is -0.456 e. The molecule has 20 heavy (non-hydrogen) atoms. The number of Topliss-reactive ketones (excluding diaryl/α,β-unsaturated/α-hetero) is 1. The third kappa shape index (κ3) is 3.16. The molecule has 0 aliphatic carbocycles. The molecule has 0 aromatic heterocycles. The van der Waals surface area contributed by atoms with Crippen molar-refractivity contribution in [3.05, 3.63) is 20.9 Å². The molecule has 0 spiro atoms. The first-order valence-electron chi connectivity index (χ1n) is 6.49. The zero-order valence-corrected chi connectivity index (χ0v) is 13.9. The maximum Gasteiger partial charge on any atom is 0.323 e. The first-order valence-corrected chi connectivity index (χ1v) is 9.04. The highest BCUT2D eigenvalue weighted by atomic mass is 79.9. The van der Waals surface area contributed by atoms with Crippen LogP contribution in [0.25, 0.3) is 0 Å². The summed E-state index contributed by atoms with van der Waals surface area (Å²) in [6, 6.07) is -0.234. The number of halogens is 1. The Labute approximate surface area is 134 Å². The number of hydrogen-bond acceptors (Lipinski definition) is 6. The van der Waals surface area contributed by atoms with Crippen molar-refractivity contribution >= 4 is 51.2 Å². The topological polar surface area (TPSA) is 55.4 Å². The number of rotatable bonds is 4. The zero-order valence-electron chi connectivity index (χ0n) is 10.6. The Morgan fingerprint density at radius 2 is 2.15 bits per heavy atom. The molecule has 0 saturated carbocycles. The van der Waals surface area contributed by atoms with E-state index < -0.39 is 0 Å². The van der Waals surface area contributed by atoms with Crippen LogP contribution in [-0.2, 0) is 14.3 Å². The van der Waals surface area contributed by atoms with Crippen LogP contribution in [0.5, 0.6) is 0 Å². The van der Waals surface area contributed by atoms with Crippen molar-refractivity contribution in [2.75, 3.05) is 13.2 Å². The van der Waals surface area contributed by atoms with Gasteiger partial charge in [-0.15, -0.1) is 23.5 Å². The predicted molar refractivity (Wildman–Crippen MR) is 84.8 cm³/mol. The van der Waals surface area contributed by atoms with Gasteiger partial charge in [0, 0.05) is 14.3 Å². The second-order valence-corrected chi connectivity index (χ2v) is 8.67. The van der Waals surface area contributed by atoms with Gasteiger partial charge in [0.25, 0.3) is 0 Å². The summed E-state index contributed by atoms with van der Waals surface area (Å²) in [4.78, 5) is 24.5. The van der Waals surface area contributed by atoms with Crippen LogP contribution in [0.3, 0.4) is 0 Å². The monoisotopic (exact) mass is 375 g/mol. The van der Waals surface area contributed by atoms with Crippen molar-refractivity contribution in [2.45, 2.75) is 29.4 Å². The summed E-state index contributed by atoms with van der Waals surface area (Å²) in [6.07, 6.45) is 5.88. The second-order valence-electron chi connectivity index (χ2n) is 4.85. The number of ether oxygens (including phenoxy) is 1. The molecule has 0 aromatic carbocycles. The lowest BCUT2D eigenvalue weighted by Gasteiger charge is -2.10. The van der Waals surface area contributed by atoms with E-state index in [0.29, 0.717) is 10.5 Å². The molecule has 3 aliphatic heterocycles. The Balaban J connectivity index is 1.48. The van der Waals surface area contributed by atoms with Crippen LogP contribution < -0.4 is 5.32 Å². The molecule has 0 aromatic rings. The van der Waals surface area contributed by atoms with Gasteiger partial charge < -0.3 is 10.1 Å². The molecular formula is C13H14BrNO3S2. The van der Waals surface area contributed by atoms with Gasteiger partial charge in [-0.3, -0.25) is 9.59 Å². The van der Waals surface area contributed by atoms with Gasteiger partial charge in [-0.05, 0) is 41.4 Å². The minimum absolute atomic E-state index is 0.0964. The number of esters is 1. The molecule has 7 heteroatoms. The van der Waals surface area contributed by atoms with Crippen molar-refractivity contribution in [1.82, 2.24) is 5.32 Å². The normalized spacial score (nSPS) is 31.8. The molecule has 2 unspecified atom stereocenters. The molecule has 0 amide bonds. The molecule has 3 aliphatic rings. The van der Waals surface area contributed by atoms with Crippen molar-refractivity contribution in [1.29, 1.82) is 0 Å². The van der Waals surface area contributed by atoms with Crippen LogP contribution in [0.15, 0.2) is 20.9 Å². The SMILES string of the molecule is O=C(COC(=O)[C@@H]1CCCN1)C1=CC2SC(Br)=CC2S1. The predicted octanol–water partition coefficient (Wildman–Crippen LogP) is 2.20. The largest absolute Gasteiger partial charge is 0.456 e. The number of hydrogen-bond donors (Lipinski definition) is 1. The van der Waals surface area contributed by atoms with Crippen molar-refractivity contribution in [3.63, 3.8) is 0 Å². The lowest BCUT2D eigenvalue weighted by molar-refractivity contribution is -0.148.